The van der Waals surface area contributed by atoms with E-state index in [2.05, 4.69) is 0 Å². The van der Waals surface area contributed by atoms with E-state index in [9.17, 15) is 13.0 Å². The van der Waals surface area contributed by atoms with Crippen LogP contribution in [0, 0.1) is 11.3 Å². The molecule has 0 aromatic carbocycles. The Morgan fingerprint density at radius 1 is 1.50 bits per heavy atom. The average molecular weight is 216 g/mol. The van der Waals surface area contributed by atoms with E-state index in [-0.39, 0.29) is 5.41 Å². The van der Waals surface area contributed by atoms with Gasteiger partial charge in [-0.15, -0.1) is 0 Å². The molecular weight excluding hydrogens is 200 g/mol. The van der Waals surface area contributed by atoms with Crippen LogP contribution in [0.2, 0.25) is 0 Å². The smallest absolute Gasteiger partial charge is 0.275 e. The largest absolute Gasteiger partial charge is 0.285 e. The van der Waals surface area contributed by atoms with E-state index in [0.717, 1.165) is 12.0 Å². The molecule has 0 aliphatic heterocycles. The summed E-state index contributed by atoms with van der Waals surface area (Å²) in [7, 11) is -3.98. The van der Waals surface area contributed by atoms with E-state index in [4.69, 9.17) is 0 Å². The van der Waals surface area contributed by atoms with Crippen molar-refractivity contribution in [1.29, 1.82) is 0 Å². The molecular formula is C10H16O3S. The van der Waals surface area contributed by atoms with Gasteiger partial charge in [-0.05, 0) is 31.1 Å². The molecule has 0 aromatic rings. The van der Waals surface area contributed by atoms with Gasteiger partial charge in [0.25, 0.3) is 10.1 Å². The lowest BCUT2D eigenvalue weighted by Gasteiger charge is -2.62. The van der Waals surface area contributed by atoms with Crippen LogP contribution in [0.3, 0.4) is 0 Å². The van der Waals surface area contributed by atoms with E-state index < -0.39 is 14.9 Å². The standard InChI is InChI=1S/C10H16O3S/c1-7-4-5-8-6-10(7,9(8,2)3)14(11,12)13/h4,8H,5-6H2,1-3H3,(H,11,12,13). The van der Waals surface area contributed by atoms with Crippen molar-refractivity contribution in [2.24, 2.45) is 11.3 Å². The SMILES string of the molecule is CC1=CCC2CC1(S(=O)(=O)O)C2(C)C. The van der Waals surface area contributed by atoms with Crippen LogP contribution in [0.15, 0.2) is 11.6 Å². The number of hydrogen-bond acceptors (Lipinski definition) is 2. The Balaban J connectivity index is 2.63. The summed E-state index contributed by atoms with van der Waals surface area (Å²) in [6.45, 7) is 5.68. The van der Waals surface area contributed by atoms with E-state index in [1.54, 1.807) is 0 Å². The average Bonchev–Trinajstić information content (AvgIpc) is 2.01. The van der Waals surface area contributed by atoms with Crippen LogP contribution in [0.25, 0.3) is 0 Å². The third-order valence-corrected chi connectivity index (χ3v) is 6.28. The van der Waals surface area contributed by atoms with Gasteiger partial charge in [-0.25, -0.2) is 0 Å². The highest BCUT2D eigenvalue weighted by Gasteiger charge is 2.68. The first-order chi connectivity index (χ1) is 6.23. The van der Waals surface area contributed by atoms with Crippen LogP contribution in [-0.4, -0.2) is 17.7 Å². The molecule has 0 amide bonds. The molecule has 3 aliphatic rings. The third kappa shape index (κ3) is 0.841. The molecule has 2 bridgehead atoms. The van der Waals surface area contributed by atoms with E-state index in [0.29, 0.717) is 12.3 Å². The molecule has 2 atom stereocenters. The molecule has 14 heavy (non-hydrogen) atoms. The molecule has 0 heterocycles. The van der Waals surface area contributed by atoms with Crippen LogP contribution in [0.4, 0.5) is 0 Å². The van der Waals surface area contributed by atoms with Crippen LogP contribution in [-0.2, 0) is 10.1 Å². The van der Waals surface area contributed by atoms with Crippen LogP contribution in [0.1, 0.15) is 33.6 Å². The maximum atomic E-state index is 11.5. The molecule has 0 saturated heterocycles. The minimum Gasteiger partial charge on any atom is -0.285 e. The van der Waals surface area contributed by atoms with Crippen molar-refractivity contribution in [2.75, 3.05) is 0 Å². The summed E-state index contributed by atoms with van der Waals surface area (Å²) in [6, 6.07) is 0. The second-order valence-corrected chi connectivity index (χ2v) is 6.69. The van der Waals surface area contributed by atoms with Gasteiger partial charge in [0.1, 0.15) is 4.75 Å². The lowest BCUT2D eigenvalue weighted by molar-refractivity contribution is 0.0109. The van der Waals surface area contributed by atoms with E-state index in [1.807, 2.05) is 26.8 Å². The Bertz CT molecular complexity index is 405. The van der Waals surface area contributed by atoms with Crippen molar-refractivity contribution in [2.45, 2.75) is 38.4 Å². The van der Waals surface area contributed by atoms with Crippen molar-refractivity contribution in [3.8, 4) is 0 Å². The molecule has 0 aromatic heterocycles. The van der Waals surface area contributed by atoms with Crippen LogP contribution in [0.5, 0.6) is 0 Å². The maximum absolute atomic E-state index is 11.5. The zero-order valence-electron chi connectivity index (χ0n) is 8.74. The second kappa shape index (κ2) is 2.42. The molecule has 0 radical (unpaired) electrons. The zero-order valence-corrected chi connectivity index (χ0v) is 9.56. The Kier molecular flexibility index (Phi) is 1.76. The normalized spacial score (nSPS) is 40.0. The van der Waals surface area contributed by atoms with Gasteiger partial charge >= 0.3 is 0 Å². The number of fused-ring (bicyclic) bond motifs is 1. The molecule has 3 nitrogen and oxygen atoms in total. The maximum Gasteiger partial charge on any atom is 0.275 e. The molecule has 3 rings (SSSR count). The first kappa shape index (κ1) is 10.2. The Labute approximate surface area is 85.0 Å². The quantitative estimate of drug-likeness (QED) is 0.539. The van der Waals surface area contributed by atoms with Crippen molar-refractivity contribution in [3.63, 3.8) is 0 Å². The lowest BCUT2D eigenvalue weighted by atomic mass is 9.48. The Hall–Kier alpha value is -0.350. The second-order valence-electron chi connectivity index (χ2n) is 5.05. The fourth-order valence-corrected chi connectivity index (χ4v) is 4.97. The molecule has 4 heteroatoms. The number of rotatable bonds is 1. The lowest BCUT2D eigenvalue weighted by Crippen LogP contribution is -2.66. The minimum atomic E-state index is -3.98. The van der Waals surface area contributed by atoms with Crippen LogP contribution >= 0.6 is 0 Å². The van der Waals surface area contributed by atoms with Crippen molar-refractivity contribution in [3.05, 3.63) is 11.6 Å². The van der Waals surface area contributed by atoms with Gasteiger partial charge in [-0.3, -0.25) is 4.55 Å². The van der Waals surface area contributed by atoms with Crippen molar-refractivity contribution in [1.82, 2.24) is 0 Å². The summed E-state index contributed by atoms with van der Waals surface area (Å²) in [5, 5.41) is 0. The Morgan fingerprint density at radius 3 is 2.36 bits per heavy atom. The van der Waals surface area contributed by atoms with Gasteiger partial charge < -0.3 is 0 Å². The number of allylic oxidation sites excluding steroid dienone is 1. The monoisotopic (exact) mass is 216 g/mol. The van der Waals surface area contributed by atoms with Gasteiger partial charge in [0, 0.05) is 0 Å². The molecule has 1 N–H and O–H groups in total. The van der Waals surface area contributed by atoms with Gasteiger partial charge in [-0.2, -0.15) is 8.42 Å². The highest BCUT2D eigenvalue weighted by atomic mass is 32.2. The highest BCUT2D eigenvalue weighted by molar-refractivity contribution is 7.87. The van der Waals surface area contributed by atoms with Gasteiger partial charge in [0.15, 0.2) is 0 Å². The zero-order chi connectivity index (χ0) is 10.8. The van der Waals surface area contributed by atoms with E-state index in [1.165, 1.54) is 0 Å². The highest BCUT2D eigenvalue weighted by Crippen LogP contribution is 2.65. The summed E-state index contributed by atoms with van der Waals surface area (Å²) >= 11 is 0. The summed E-state index contributed by atoms with van der Waals surface area (Å²) < 4.78 is 31.4. The Morgan fingerprint density at radius 2 is 2.07 bits per heavy atom. The predicted octanol–water partition coefficient (Wildman–Crippen LogP) is 2.01. The predicted molar refractivity (Wildman–Crippen MR) is 54.5 cm³/mol. The minimum absolute atomic E-state index is 0.320. The third-order valence-electron chi connectivity index (χ3n) is 4.38. The van der Waals surface area contributed by atoms with Gasteiger partial charge in [-0.1, -0.05) is 25.5 Å². The summed E-state index contributed by atoms with van der Waals surface area (Å²) in [5.41, 5.74) is 0.492. The summed E-state index contributed by atoms with van der Waals surface area (Å²) in [4.78, 5) is 0. The first-order valence-electron chi connectivity index (χ1n) is 4.88. The first-order valence-corrected chi connectivity index (χ1v) is 6.32. The fraction of sp³-hybridized carbons (Fsp3) is 0.800. The van der Waals surface area contributed by atoms with Crippen LogP contribution < -0.4 is 0 Å². The summed E-state index contributed by atoms with van der Waals surface area (Å²) in [6.07, 6.45) is 3.48. The summed E-state index contributed by atoms with van der Waals surface area (Å²) in [5.74, 6) is 0.396. The van der Waals surface area contributed by atoms with E-state index >= 15 is 0 Å². The van der Waals surface area contributed by atoms with Gasteiger partial charge in [0.05, 0.1) is 0 Å². The fourth-order valence-electron chi connectivity index (χ4n) is 3.24. The molecule has 3 aliphatic carbocycles. The number of hydrogen-bond donors (Lipinski definition) is 1. The van der Waals surface area contributed by atoms with Crippen molar-refractivity contribution < 1.29 is 13.0 Å². The molecule has 1 saturated carbocycles. The molecule has 80 valence electrons. The molecule has 0 spiro atoms. The molecule has 1 fully saturated rings. The van der Waals surface area contributed by atoms with Gasteiger partial charge in [0.2, 0.25) is 0 Å². The molecule has 2 unspecified atom stereocenters. The van der Waals surface area contributed by atoms with Crippen molar-refractivity contribution >= 4 is 10.1 Å². The topological polar surface area (TPSA) is 54.4 Å².